The van der Waals surface area contributed by atoms with E-state index in [0.29, 0.717) is 17.5 Å². The molecule has 2 heterocycles. The zero-order valence-electron chi connectivity index (χ0n) is 28.6. The van der Waals surface area contributed by atoms with Crippen LogP contribution in [0.15, 0.2) is 188 Å². The van der Waals surface area contributed by atoms with E-state index in [2.05, 4.69) is 170 Å². The molecule has 0 N–H and O–H groups in total. The largest absolute Gasteiger partial charge is 0.208 e. The summed E-state index contributed by atoms with van der Waals surface area (Å²) in [6, 6.07) is 66.3. The number of hydrogen-bond donors (Lipinski definition) is 0. The molecule has 0 amide bonds. The molecule has 0 saturated heterocycles. The monoisotopic (exact) mass is 693 g/mol. The molecule has 0 atom stereocenters. The van der Waals surface area contributed by atoms with Crippen molar-refractivity contribution in [3.63, 3.8) is 0 Å². The highest BCUT2D eigenvalue weighted by Gasteiger charge is 2.17. The van der Waals surface area contributed by atoms with E-state index in [0.717, 1.165) is 33.2 Å². The lowest BCUT2D eigenvalue weighted by molar-refractivity contribution is 1.07. The van der Waals surface area contributed by atoms with Crippen molar-refractivity contribution in [2.45, 2.75) is 0 Å². The molecule has 10 aromatic rings. The minimum absolute atomic E-state index is 0.637. The highest BCUT2D eigenvalue weighted by molar-refractivity contribution is 7.26. The Hall–Kier alpha value is -6.75. The minimum Gasteiger partial charge on any atom is -0.208 e. The smallest absolute Gasteiger partial charge is 0.164 e. The highest BCUT2D eigenvalue weighted by atomic mass is 32.1. The van der Waals surface area contributed by atoms with Gasteiger partial charge in [0, 0.05) is 36.9 Å². The molecule has 0 unspecified atom stereocenters. The Kier molecular flexibility index (Phi) is 7.67. The summed E-state index contributed by atoms with van der Waals surface area (Å²) in [6.45, 7) is 0. The highest BCUT2D eigenvalue weighted by Crippen LogP contribution is 2.43. The molecule has 2 aromatic heterocycles. The molecular formula is C49H31N3S. The van der Waals surface area contributed by atoms with Gasteiger partial charge in [0.1, 0.15) is 0 Å². The van der Waals surface area contributed by atoms with E-state index in [4.69, 9.17) is 15.0 Å². The van der Waals surface area contributed by atoms with Crippen LogP contribution in [0.3, 0.4) is 0 Å². The van der Waals surface area contributed by atoms with Crippen LogP contribution in [0.1, 0.15) is 0 Å². The molecule has 4 heteroatoms. The Morgan fingerprint density at radius 1 is 0.302 bits per heavy atom. The first-order valence-electron chi connectivity index (χ1n) is 17.8. The van der Waals surface area contributed by atoms with E-state index in [1.54, 1.807) is 0 Å². The topological polar surface area (TPSA) is 38.7 Å². The number of benzene rings is 8. The van der Waals surface area contributed by atoms with Crippen LogP contribution in [-0.2, 0) is 0 Å². The van der Waals surface area contributed by atoms with E-state index < -0.39 is 0 Å². The molecule has 53 heavy (non-hydrogen) atoms. The minimum atomic E-state index is 0.637. The summed E-state index contributed by atoms with van der Waals surface area (Å²) in [5.41, 5.74) is 9.90. The first kappa shape index (κ1) is 31.0. The van der Waals surface area contributed by atoms with Gasteiger partial charge in [-0.1, -0.05) is 158 Å². The van der Waals surface area contributed by atoms with Crippen LogP contribution in [0.25, 0.3) is 98.5 Å². The van der Waals surface area contributed by atoms with Crippen LogP contribution >= 0.6 is 11.3 Å². The van der Waals surface area contributed by atoms with Gasteiger partial charge in [-0.05, 0) is 74.5 Å². The fraction of sp³-hybridized carbons (Fsp3) is 0. The second kappa shape index (κ2) is 13.1. The van der Waals surface area contributed by atoms with Gasteiger partial charge in [-0.15, -0.1) is 11.3 Å². The van der Waals surface area contributed by atoms with Crippen molar-refractivity contribution in [1.82, 2.24) is 15.0 Å². The zero-order valence-corrected chi connectivity index (χ0v) is 29.5. The van der Waals surface area contributed by atoms with Gasteiger partial charge < -0.3 is 0 Å². The molecule has 3 nitrogen and oxygen atoms in total. The quantitative estimate of drug-likeness (QED) is 0.174. The predicted molar refractivity (Wildman–Crippen MR) is 223 cm³/mol. The van der Waals surface area contributed by atoms with Crippen molar-refractivity contribution in [3.05, 3.63) is 188 Å². The van der Waals surface area contributed by atoms with Gasteiger partial charge in [0.15, 0.2) is 17.5 Å². The van der Waals surface area contributed by atoms with Crippen molar-refractivity contribution in [2.75, 3.05) is 0 Å². The average molecular weight is 694 g/mol. The van der Waals surface area contributed by atoms with Crippen molar-refractivity contribution in [3.8, 4) is 67.5 Å². The van der Waals surface area contributed by atoms with Gasteiger partial charge >= 0.3 is 0 Å². The number of nitrogens with zero attached hydrogens (tertiary/aromatic N) is 3. The number of thiophene rings is 1. The lowest BCUT2D eigenvalue weighted by atomic mass is 9.94. The fourth-order valence-electron chi connectivity index (χ4n) is 7.34. The first-order chi connectivity index (χ1) is 26.2. The summed E-state index contributed by atoms with van der Waals surface area (Å²) in [5.74, 6) is 1.92. The molecule has 8 aromatic carbocycles. The van der Waals surface area contributed by atoms with Gasteiger partial charge in [-0.25, -0.2) is 15.0 Å². The Labute approximate surface area is 311 Å². The van der Waals surface area contributed by atoms with Gasteiger partial charge in [0.2, 0.25) is 0 Å². The molecule has 248 valence electrons. The van der Waals surface area contributed by atoms with E-state index in [9.17, 15) is 0 Å². The van der Waals surface area contributed by atoms with Gasteiger partial charge in [0.25, 0.3) is 0 Å². The molecule has 0 radical (unpaired) electrons. The molecule has 0 saturated carbocycles. The van der Waals surface area contributed by atoms with Gasteiger partial charge in [0.05, 0.1) is 0 Å². The number of rotatable bonds is 6. The predicted octanol–water partition coefficient (Wildman–Crippen LogP) is 13.4. The Balaban J connectivity index is 1.13. The van der Waals surface area contributed by atoms with Crippen LogP contribution < -0.4 is 0 Å². The first-order valence-corrected chi connectivity index (χ1v) is 18.6. The summed E-state index contributed by atoms with van der Waals surface area (Å²) >= 11 is 1.85. The van der Waals surface area contributed by atoms with Crippen LogP contribution in [-0.4, -0.2) is 15.0 Å². The second-order valence-electron chi connectivity index (χ2n) is 13.2. The summed E-state index contributed by atoms with van der Waals surface area (Å²) < 4.78 is 2.56. The van der Waals surface area contributed by atoms with E-state index in [-0.39, 0.29) is 0 Å². The van der Waals surface area contributed by atoms with Gasteiger partial charge in [-0.3, -0.25) is 0 Å². The van der Waals surface area contributed by atoms with Crippen molar-refractivity contribution in [1.29, 1.82) is 0 Å². The summed E-state index contributed by atoms with van der Waals surface area (Å²) in [7, 11) is 0. The van der Waals surface area contributed by atoms with Crippen molar-refractivity contribution >= 4 is 42.3 Å². The molecule has 0 aliphatic heterocycles. The standard InChI is InChI=1S/C49H31N3S/c1-4-14-32(15-5-1)40-24-13-20-34-26-27-38(29-42(34)40)49-51-47(35-18-8-3-9-19-35)50-48(52-49)37-22-12-21-36(28-37)39-30-43(33-16-6-2-7-17-33)46-41-23-10-11-25-44(41)53-45(46)31-39/h1-31H. The van der Waals surface area contributed by atoms with Crippen molar-refractivity contribution in [2.24, 2.45) is 0 Å². The molecular weight excluding hydrogens is 663 g/mol. The van der Waals surface area contributed by atoms with E-state index >= 15 is 0 Å². The number of aromatic nitrogens is 3. The fourth-order valence-corrected chi connectivity index (χ4v) is 8.51. The third-order valence-electron chi connectivity index (χ3n) is 9.91. The van der Waals surface area contributed by atoms with Crippen molar-refractivity contribution < 1.29 is 0 Å². The average Bonchev–Trinajstić information content (AvgIpc) is 3.62. The number of hydrogen-bond acceptors (Lipinski definition) is 4. The lowest BCUT2D eigenvalue weighted by Crippen LogP contribution is -2.00. The summed E-state index contributed by atoms with van der Waals surface area (Å²) in [6.07, 6.45) is 0. The Bertz CT molecular complexity index is 2940. The maximum Gasteiger partial charge on any atom is 0.164 e. The maximum absolute atomic E-state index is 5.17. The molecule has 0 aliphatic carbocycles. The normalized spacial score (nSPS) is 11.4. The third-order valence-corrected chi connectivity index (χ3v) is 11.0. The number of fused-ring (bicyclic) bond motifs is 4. The summed E-state index contributed by atoms with van der Waals surface area (Å²) in [5, 5.41) is 4.93. The lowest BCUT2D eigenvalue weighted by Gasteiger charge is -2.12. The van der Waals surface area contributed by atoms with E-state index in [1.165, 1.54) is 47.8 Å². The molecule has 0 bridgehead atoms. The molecule has 10 rings (SSSR count). The zero-order chi connectivity index (χ0) is 35.1. The third kappa shape index (κ3) is 5.76. The van der Waals surface area contributed by atoms with Gasteiger partial charge in [-0.2, -0.15) is 0 Å². The van der Waals surface area contributed by atoms with Crippen LogP contribution in [0.2, 0.25) is 0 Å². The van der Waals surface area contributed by atoms with Crippen LogP contribution in [0.4, 0.5) is 0 Å². The van der Waals surface area contributed by atoms with E-state index in [1.807, 2.05) is 29.5 Å². The second-order valence-corrected chi connectivity index (χ2v) is 14.3. The summed E-state index contributed by atoms with van der Waals surface area (Å²) in [4.78, 5) is 15.3. The Morgan fingerprint density at radius 3 is 1.60 bits per heavy atom. The molecule has 0 aliphatic rings. The van der Waals surface area contributed by atoms with Crippen LogP contribution in [0.5, 0.6) is 0 Å². The SMILES string of the molecule is c1ccc(-c2nc(-c3cccc(-c4cc(-c5ccccc5)c5c(c4)sc4ccccc45)c3)nc(-c3ccc4cccc(-c5ccccc5)c4c3)n2)cc1. The van der Waals surface area contributed by atoms with Crippen LogP contribution in [0, 0.1) is 0 Å². The maximum atomic E-state index is 5.17. The Morgan fingerprint density at radius 2 is 0.868 bits per heavy atom. The molecule has 0 fully saturated rings. The molecule has 0 spiro atoms.